The van der Waals surface area contributed by atoms with E-state index in [-0.39, 0.29) is 0 Å². The van der Waals surface area contributed by atoms with Crippen molar-refractivity contribution in [1.29, 1.82) is 0 Å². The third-order valence-electron chi connectivity index (χ3n) is 4.62. The summed E-state index contributed by atoms with van der Waals surface area (Å²) >= 11 is 0. The zero-order valence-corrected chi connectivity index (χ0v) is 14.4. The van der Waals surface area contributed by atoms with Gasteiger partial charge in [-0.1, -0.05) is 60.2 Å². The average molecular weight is 301 g/mol. The molecule has 23 heavy (non-hydrogen) atoms. The SMILES string of the molecule is Cc1cc(C)c([CH]CCCc2cccc3ccccc23)c(C)c1. The zero-order valence-electron chi connectivity index (χ0n) is 14.4. The predicted octanol–water partition coefficient (Wildman–Crippen LogP) is 6.34. The molecular formula is C23H25. The Bertz CT molecular complexity index is 783. The van der Waals surface area contributed by atoms with Gasteiger partial charge in [-0.15, -0.1) is 0 Å². The first kappa shape index (κ1) is 15.8. The van der Waals surface area contributed by atoms with Gasteiger partial charge in [-0.3, -0.25) is 0 Å². The van der Waals surface area contributed by atoms with E-state index in [1.165, 1.54) is 45.0 Å². The number of hydrogen-bond acceptors (Lipinski definition) is 0. The fraction of sp³-hybridized carbons (Fsp3) is 0.261. The topological polar surface area (TPSA) is 0 Å². The van der Waals surface area contributed by atoms with Crippen molar-refractivity contribution in [3.8, 4) is 0 Å². The molecule has 3 aromatic carbocycles. The summed E-state index contributed by atoms with van der Waals surface area (Å²) in [6.45, 7) is 6.61. The first-order valence-electron chi connectivity index (χ1n) is 8.53. The van der Waals surface area contributed by atoms with Crippen LogP contribution in [0.4, 0.5) is 0 Å². The van der Waals surface area contributed by atoms with Crippen LogP contribution in [0.2, 0.25) is 0 Å². The lowest BCUT2D eigenvalue weighted by atomic mass is 9.94. The highest BCUT2D eigenvalue weighted by atomic mass is 14.1. The highest BCUT2D eigenvalue weighted by Crippen LogP contribution is 2.23. The van der Waals surface area contributed by atoms with Crippen molar-refractivity contribution in [3.63, 3.8) is 0 Å². The van der Waals surface area contributed by atoms with Crippen LogP contribution in [0, 0.1) is 27.2 Å². The van der Waals surface area contributed by atoms with E-state index in [1.807, 2.05) is 0 Å². The molecule has 3 rings (SSSR count). The molecule has 3 aromatic rings. The first-order valence-corrected chi connectivity index (χ1v) is 8.53. The second kappa shape index (κ2) is 7.00. The second-order valence-electron chi connectivity index (χ2n) is 6.55. The maximum atomic E-state index is 2.41. The molecule has 0 heterocycles. The van der Waals surface area contributed by atoms with Crippen molar-refractivity contribution in [2.45, 2.75) is 40.0 Å². The Kier molecular flexibility index (Phi) is 4.81. The molecule has 0 heteroatoms. The minimum atomic E-state index is 1.13. The van der Waals surface area contributed by atoms with Crippen molar-refractivity contribution >= 4 is 10.8 Å². The normalized spacial score (nSPS) is 11.1. The molecular weight excluding hydrogens is 276 g/mol. The fourth-order valence-electron chi connectivity index (χ4n) is 3.56. The van der Waals surface area contributed by atoms with Crippen molar-refractivity contribution < 1.29 is 0 Å². The van der Waals surface area contributed by atoms with Gasteiger partial charge in [-0.2, -0.15) is 0 Å². The van der Waals surface area contributed by atoms with Crippen LogP contribution < -0.4 is 0 Å². The van der Waals surface area contributed by atoms with Crippen LogP contribution in [-0.4, -0.2) is 0 Å². The summed E-state index contributed by atoms with van der Waals surface area (Å²) in [7, 11) is 0. The lowest BCUT2D eigenvalue weighted by Gasteiger charge is -2.11. The lowest BCUT2D eigenvalue weighted by Crippen LogP contribution is -1.95. The summed E-state index contributed by atoms with van der Waals surface area (Å²) in [4.78, 5) is 0. The number of unbranched alkanes of at least 4 members (excludes halogenated alkanes) is 1. The van der Waals surface area contributed by atoms with Crippen LogP contribution in [0.5, 0.6) is 0 Å². The maximum absolute atomic E-state index is 2.41. The summed E-state index contributed by atoms with van der Waals surface area (Å²) in [6, 6.07) is 19.9. The summed E-state index contributed by atoms with van der Waals surface area (Å²) in [5.41, 5.74) is 7.04. The maximum Gasteiger partial charge on any atom is -0.00875 e. The average Bonchev–Trinajstić information content (AvgIpc) is 2.53. The summed E-state index contributed by atoms with van der Waals surface area (Å²) in [5, 5.41) is 2.75. The third kappa shape index (κ3) is 3.64. The molecule has 0 aliphatic carbocycles. The molecule has 0 unspecified atom stereocenters. The van der Waals surface area contributed by atoms with E-state index in [1.54, 1.807) is 0 Å². The minimum Gasteiger partial charge on any atom is -0.0616 e. The monoisotopic (exact) mass is 301 g/mol. The molecule has 0 aromatic heterocycles. The largest absolute Gasteiger partial charge is 0.0616 e. The number of aryl methyl sites for hydroxylation is 4. The van der Waals surface area contributed by atoms with Gasteiger partial charge in [-0.05, 0) is 79.5 Å². The second-order valence-corrected chi connectivity index (χ2v) is 6.55. The minimum absolute atomic E-state index is 1.13. The molecule has 0 aliphatic rings. The van der Waals surface area contributed by atoms with Gasteiger partial charge >= 0.3 is 0 Å². The third-order valence-corrected chi connectivity index (χ3v) is 4.62. The highest BCUT2D eigenvalue weighted by molar-refractivity contribution is 5.85. The van der Waals surface area contributed by atoms with E-state index >= 15 is 0 Å². The number of benzene rings is 3. The molecule has 0 amide bonds. The Hall–Kier alpha value is -2.08. The molecule has 0 atom stereocenters. The number of hydrogen-bond donors (Lipinski definition) is 0. The van der Waals surface area contributed by atoms with Crippen LogP contribution >= 0.6 is 0 Å². The van der Waals surface area contributed by atoms with Gasteiger partial charge in [0, 0.05) is 0 Å². The van der Waals surface area contributed by atoms with Gasteiger partial charge in [0.2, 0.25) is 0 Å². The summed E-state index contributed by atoms with van der Waals surface area (Å²) in [5.74, 6) is 0. The Balaban J connectivity index is 1.64. The van der Waals surface area contributed by atoms with E-state index in [9.17, 15) is 0 Å². The smallest absolute Gasteiger partial charge is 0.00875 e. The molecule has 0 bridgehead atoms. The van der Waals surface area contributed by atoms with E-state index < -0.39 is 0 Å². The fourth-order valence-corrected chi connectivity index (χ4v) is 3.56. The Labute approximate surface area is 140 Å². The Morgan fingerprint density at radius 1 is 0.826 bits per heavy atom. The van der Waals surface area contributed by atoms with Gasteiger partial charge in [0.15, 0.2) is 0 Å². The number of rotatable bonds is 5. The van der Waals surface area contributed by atoms with Crippen molar-refractivity contribution in [2.75, 3.05) is 0 Å². The van der Waals surface area contributed by atoms with Gasteiger partial charge in [0.1, 0.15) is 0 Å². The van der Waals surface area contributed by atoms with Crippen molar-refractivity contribution in [3.05, 3.63) is 88.8 Å². The molecule has 0 saturated carbocycles. The highest BCUT2D eigenvalue weighted by Gasteiger charge is 2.05. The van der Waals surface area contributed by atoms with Gasteiger partial charge in [-0.25, -0.2) is 0 Å². The van der Waals surface area contributed by atoms with Gasteiger partial charge in [0.05, 0.1) is 0 Å². The molecule has 0 fully saturated rings. The summed E-state index contributed by atoms with van der Waals surface area (Å²) < 4.78 is 0. The first-order chi connectivity index (χ1) is 11.1. The van der Waals surface area contributed by atoms with E-state index in [2.05, 4.69) is 81.8 Å². The summed E-state index contributed by atoms with van der Waals surface area (Å²) in [6.07, 6.45) is 5.88. The van der Waals surface area contributed by atoms with Gasteiger partial charge < -0.3 is 0 Å². The molecule has 0 spiro atoms. The van der Waals surface area contributed by atoms with Crippen LogP contribution in [0.3, 0.4) is 0 Å². The lowest BCUT2D eigenvalue weighted by molar-refractivity contribution is 0.817. The van der Waals surface area contributed by atoms with E-state index in [4.69, 9.17) is 0 Å². The molecule has 0 saturated heterocycles. The van der Waals surface area contributed by atoms with Crippen LogP contribution in [-0.2, 0) is 6.42 Å². The molecule has 117 valence electrons. The Morgan fingerprint density at radius 2 is 1.52 bits per heavy atom. The van der Waals surface area contributed by atoms with Crippen LogP contribution in [0.25, 0.3) is 10.8 Å². The predicted molar refractivity (Wildman–Crippen MR) is 101 cm³/mol. The van der Waals surface area contributed by atoms with Crippen LogP contribution in [0.1, 0.15) is 40.7 Å². The van der Waals surface area contributed by atoms with E-state index in [0.29, 0.717) is 0 Å². The molecule has 0 nitrogen and oxygen atoms in total. The number of fused-ring (bicyclic) bond motifs is 1. The van der Waals surface area contributed by atoms with Crippen molar-refractivity contribution in [1.82, 2.24) is 0 Å². The molecule has 0 N–H and O–H groups in total. The van der Waals surface area contributed by atoms with Gasteiger partial charge in [0.25, 0.3) is 0 Å². The van der Waals surface area contributed by atoms with E-state index in [0.717, 1.165) is 12.8 Å². The van der Waals surface area contributed by atoms with Crippen LogP contribution in [0.15, 0.2) is 54.6 Å². The molecule has 1 radical (unpaired) electrons. The Morgan fingerprint density at radius 3 is 2.30 bits per heavy atom. The molecule has 0 aliphatic heterocycles. The zero-order chi connectivity index (χ0) is 16.2. The quantitative estimate of drug-likeness (QED) is 0.482. The standard InChI is InChI=1S/C23H25/c1-17-15-18(2)22(19(3)16-17)13-6-4-9-20-11-8-12-21-10-5-7-14-23(20)21/h5,7-8,10-16H,4,6,9H2,1-3H3. The van der Waals surface area contributed by atoms with Crippen molar-refractivity contribution in [2.24, 2.45) is 0 Å².